The summed E-state index contributed by atoms with van der Waals surface area (Å²) in [5.74, 6) is 7.42. The van der Waals surface area contributed by atoms with Crippen molar-refractivity contribution in [1.29, 1.82) is 0 Å². The van der Waals surface area contributed by atoms with Gasteiger partial charge in [0.2, 0.25) is 11.8 Å². The van der Waals surface area contributed by atoms with Crippen molar-refractivity contribution in [3.8, 4) is 23.1 Å². The van der Waals surface area contributed by atoms with Crippen molar-refractivity contribution < 1.29 is 28.7 Å². The third-order valence-electron chi connectivity index (χ3n) is 11.1. The Bertz CT molecular complexity index is 2250. The van der Waals surface area contributed by atoms with Crippen LogP contribution in [-0.2, 0) is 19.1 Å². The molecule has 0 bridgehead atoms. The summed E-state index contributed by atoms with van der Waals surface area (Å²) >= 11 is 0. The molecule has 2 aromatic heterocycles. The van der Waals surface area contributed by atoms with E-state index in [-0.39, 0.29) is 35.7 Å². The molecule has 57 heavy (non-hydrogen) atoms. The fraction of sp³-hybridized carbons (Fsp3) is 0.442. The number of benzene rings is 2. The first-order valence-electron chi connectivity index (χ1n) is 19.6. The zero-order valence-electron chi connectivity index (χ0n) is 33.3. The van der Waals surface area contributed by atoms with Gasteiger partial charge in [0, 0.05) is 24.2 Å². The van der Waals surface area contributed by atoms with E-state index in [4.69, 9.17) is 14.5 Å². The van der Waals surface area contributed by atoms with Crippen molar-refractivity contribution in [2.45, 2.75) is 84.0 Å². The Morgan fingerprint density at radius 3 is 2.05 bits per heavy atom. The average Bonchev–Trinajstić information content (AvgIpc) is 3.59. The average molecular weight is 775 g/mol. The Morgan fingerprint density at radius 2 is 1.42 bits per heavy atom. The molecule has 1 aliphatic carbocycles. The van der Waals surface area contributed by atoms with Gasteiger partial charge in [-0.3, -0.25) is 9.59 Å². The maximum Gasteiger partial charge on any atom is 0.407 e. The van der Waals surface area contributed by atoms with Crippen LogP contribution in [-0.4, -0.2) is 93.1 Å². The molecule has 4 amide bonds. The van der Waals surface area contributed by atoms with Gasteiger partial charge in [-0.05, 0) is 85.4 Å². The van der Waals surface area contributed by atoms with Crippen LogP contribution < -0.4 is 10.6 Å². The minimum absolute atomic E-state index is 0.111. The number of hydrogen-bond acceptors (Lipinski definition) is 8. The molecule has 14 heteroatoms. The van der Waals surface area contributed by atoms with Crippen LogP contribution in [0.5, 0.6) is 0 Å². The SMILES string of the molecule is COC(=O)N[C@H](C(=O)N1CCC[C@H]1c1ncc(-c2ccc(C#Cc3ccc4nc([C@@H]5CC(=C6CC6)CN5C(=O)[C@@H](NC(=O)OC)C(C)C)[nH]c4c3)cc2)[nH]1)C(C)C. The molecule has 2 saturated heterocycles. The molecular formula is C43H50N8O6. The molecule has 3 fully saturated rings. The molecule has 2 aromatic carbocycles. The third kappa shape index (κ3) is 8.52. The minimum atomic E-state index is -0.720. The maximum absolute atomic E-state index is 13.9. The number of imidazole rings is 2. The lowest BCUT2D eigenvalue weighted by molar-refractivity contribution is -0.136. The van der Waals surface area contributed by atoms with Gasteiger partial charge in [0.1, 0.15) is 23.7 Å². The fourth-order valence-corrected chi connectivity index (χ4v) is 7.74. The third-order valence-corrected chi connectivity index (χ3v) is 11.1. The van der Waals surface area contributed by atoms with Crippen molar-refractivity contribution >= 4 is 35.0 Å². The summed E-state index contributed by atoms with van der Waals surface area (Å²) in [6, 6.07) is 11.8. The lowest BCUT2D eigenvalue weighted by atomic mass is 10.0. The number of carbonyl (C=O) groups is 4. The predicted molar refractivity (Wildman–Crippen MR) is 213 cm³/mol. The van der Waals surface area contributed by atoms with Gasteiger partial charge in [-0.25, -0.2) is 19.6 Å². The Balaban J connectivity index is 1.04. The quantitative estimate of drug-likeness (QED) is 0.116. The van der Waals surface area contributed by atoms with Crippen molar-refractivity contribution in [3.63, 3.8) is 0 Å². The highest BCUT2D eigenvalue weighted by atomic mass is 16.5. The highest BCUT2D eigenvalue weighted by Crippen LogP contribution is 2.43. The lowest BCUT2D eigenvalue weighted by Gasteiger charge is -2.30. The van der Waals surface area contributed by atoms with E-state index in [1.165, 1.54) is 25.4 Å². The van der Waals surface area contributed by atoms with Gasteiger partial charge >= 0.3 is 12.2 Å². The number of nitrogens with one attached hydrogen (secondary N) is 4. The molecule has 0 unspecified atom stereocenters. The van der Waals surface area contributed by atoms with E-state index >= 15 is 0 Å². The van der Waals surface area contributed by atoms with Crippen LogP contribution in [0.1, 0.15) is 94.7 Å². The summed E-state index contributed by atoms with van der Waals surface area (Å²) in [6.45, 7) is 8.72. The second kappa shape index (κ2) is 16.6. The first-order chi connectivity index (χ1) is 27.4. The molecule has 4 atom stereocenters. The van der Waals surface area contributed by atoms with Gasteiger partial charge in [0.15, 0.2) is 0 Å². The standard InChI is InChI=1S/C43H50N8O6/c1-24(2)36(48-42(54)56-5)40(52)50-19-7-8-34(50)38-44-22-33(47-38)29-14-11-26(12-15-29)9-10-27-13-18-31-32(20-27)46-39(45-31)35-21-30(28-16-17-28)23-51(35)41(53)37(25(3)4)49-43(55)57-6/h11-15,18,20,22,24-25,34-37H,7-8,16-17,19,21,23H2,1-6H3,(H,44,47)(H,45,46)(H,48,54)(H,49,55)/t34-,35-,36-,37-/m0/s1. The van der Waals surface area contributed by atoms with Crippen LogP contribution in [0.15, 0.2) is 59.8 Å². The van der Waals surface area contributed by atoms with E-state index in [9.17, 15) is 19.2 Å². The van der Waals surface area contributed by atoms with Crippen LogP contribution in [0.2, 0.25) is 0 Å². The molecule has 298 valence electrons. The second-order valence-corrected chi connectivity index (χ2v) is 15.7. The largest absolute Gasteiger partial charge is 0.453 e. The molecule has 14 nitrogen and oxygen atoms in total. The fourth-order valence-electron chi connectivity index (χ4n) is 7.74. The van der Waals surface area contributed by atoms with Crippen LogP contribution >= 0.6 is 0 Å². The normalized spacial score (nSPS) is 18.7. The summed E-state index contributed by atoms with van der Waals surface area (Å²) in [5, 5.41) is 5.42. The Labute approximate surface area is 332 Å². The topological polar surface area (TPSA) is 175 Å². The van der Waals surface area contributed by atoms with Gasteiger partial charge in [-0.15, -0.1) is 0 Å². The van der Waals surface area contributed by atoms with Crippen molar-refractivity contribution in [3.05, 3.63) is 82.6 Å². The Morgan fingerprint density at radius 1 is 0.789 bits per heavy atom. The van der Waals surface area contributed by atoms with Crippen LogP contribution in [0.3, 0.4) is 0 Å². The molecule has 1 saturated carbocycles. The number of aromatic nitrogens is 4. The predicted octanol–water partition coefficient (Wildman–Crippen LogP) is 6.14. The summed E-state index contributed by atoms with van der Waals surface area (Å²) in [4.78, 5) is 71.6. The van der Waals surface area contributed by atoms with E-state index in [1.54, 1.807) is 11.1 Å². The van der Waals surface area contributed by atoms with Crippen LogP contribution in [0, 0.1) is 23.7 Å². The number of fused-ring (bicyclic) bond motifs is 1. The number of methoxy groups -OCH3 is 2. The van der Waals surface area contributed by atoms with E-state index in [1.807, 2.05) is 75.1 Å². The minimum Gasteiger partial charge on any atom is -0.453 e. The number of likely N-dealkylation sites (tertiary alicyclic amines) is 2. The van der Waals surface area contributed by atoms with Crippen LogP contribution in [0.25, 0.3) is 22.3 Å². The first kappa shape index (κ1) is 39.1. The van der Waals surface area contributed by atoms with Crippen LogP contribution in [0.4, 0.5) is 9.59 Å². The molecule has 0 spiro atoms. The molecule has 4 heterocycles. The molecule has 3 aliphatic rings. The Hall–Kier alpha value is -6.10. The second-order valence-electron chi connectivity index (χ2n) is 15.7. The lowest BCUT2D eigenvalue weighted by Crippen LogP contribution is -2.51. The van der Waals surface area contributed by atoms with Gasteiger partial charge in [-0.1, -0.05) is 57.2 Å². The first-order valence-corrected chi connectivity index (χ1v) is 19.6. The molecule has 2 aliphatic heterocycles. The number of nitrogens with zero attached hydrogens (tertiary/aromatic N) is 4. The number of rotatable bonds is 9. The van der Waals surface area contributed by atoms with Gasteiger partial charge in [-0.2, -0.15) is 0 Å². The highest BCUT2D eigenvalue weighted by Gasteiger charge is 2.41. The van der Waals surface area contributed by atoms with Crippen molar-refractivity contribution in [1.82, 2.24) is 40.4 Å². The number of hydrogen-bond donors (Lipinski definition) is 4. The van der Waals surface area contributed by atoms with E-state index in [0.717, 1.165) is 59.1 Å². The van der Waals surface area contributed by atoms with E-state index < -0.39 is 24.3 Å². The number of amides is 4. The molecular weight excluding hydrogens is 725 g/mol. The molecule has 7 rings (SSSR count). The summed E-state index contributed by atoms with van der Waals surface area (Å²) in [6.07, 6.45) is 4.97. The van der Waals surface area contributed by atoms with E-state index in [2.05, 4.69) is 37.4 Å². The zero-order chi connectivity index (χ0) is 40.4. The van der Waals surface area contributed by atoms with Gasteiger partial charge < -0.3 is 39.9 Å². The summed E-state index contributed by atoms with van der Waals surface area (Å²) < 4.78 is 9.56. The molecule has 4 aromatic rings. The number of alkyl carbamates (subject to hydrolysis) is 2. The number of aromatic amines is 2. The summed E-state index contributed by atoms with van der Waals surface area (Å²) in [7, 11) is 2.58. The highest BCUT2D eigenvalue weighted by molar-refractivity contribution is 5.88. The van der Waals surface area contributed by atoms with Crippen molar-refractivity contribution in [2.24, 2.45) is 11.8 Å². The molecule has 4 N–H and O–H groups in total. The smallest absolute Gasteiger partial charge is 0.407 e. The number of carbonyl (C=O) groups excluding carboxylic acids is 4. The van der Waals surface area contributed by atoms with Gasteiger partial charge in [0.25, 0.3) is 0 Å². The maximum atomic E-state index is 13.9. The van der Waals surface area contributed by atoms with Gasteiger partial charge in [0.05, 0.1) is 49.2 Å². The number of ether oxygens (including phenoxy) is 2. The number of allylic oxidation sites excluding steroid dienone is 1. The molecule has 0 radical (unpaired) electrons. The number of H-pyrrole nitrogens is 2. The zero-order valence-corrected chi connectivity index (χ0v) is 33.3. The summed E-state index contributed by atoms with van der Waals surface area (Å²) in [5.41, 5.74) is 7.74. The Kier molecular flexibility index (Phi) is 11.4. The van der Waals surface area contributed by atoms with E-state index in [0.29, 0.717) is 31.2 Å². The monoisotopic (exact) mass is 774 g/mol. The van der Waals surface area contributed by atoms with Crippen molar-refractivity contribution in [2.75, 3.05) is 27.3 Å².